The van der Waals surface area contributed by atoms with Crippen LogP contribution in [0.1, 0.15) is 46.6 Å². The molecule has 204 valence electrons. The third-order valence-electron chi connectivity index (χ3n) is 4.51. The van der Waals surface area contributed by atoms with Crippen molar-refractivity contribution in [2.45, 2.75) is 45.9 Å². The van der Waals surface area contributed by atoms with E-state index in [4.69, 9.17) is 0 Å². The molecule has 0 saturated heterocycles. The summed E-state index contributed by atoms with van der Waals surface area (Å²) >= 11 is 3.33. The number of allylic oxidation sites excluding steroid dienone is 5. The summed E-state index contributed by atoms with van der Waals surface area (Å²) in [4.78, 5) is 4.22. The number of aliphatic imine (C=N–C) groups is 1. The van der Waals surface area contributed by atoms with Gasteiger partial charge >= 0.3 is 0 Å². The molecule has 0 saturated carbocycles. The van der Waals surface area contributed by atoms with Gasteiger partial charge in [0, 0.05) is 48.2 Å². The molecule has 1 atom stereocenters. The first-order valence-electron chi connectivity index (χ1n) is 11.9. The second-order valence-corrected chi connectivity index (χ2v) is 9.85. The van der Waals surface area contributed by atoms with Crippen LogP contribution in [0.5, 0.6) is 17.2 Å². The van der Waals surface area contributed by atoms with Gasteiger partial charge in [0.25, 0.3) is 0 Å². The molecular weight excluding hydrogens is 554 g/mol. The summed E-state index contributed by atoms with van der Waals surface area (Å²) in [5, 5.41) is 31.8. The average Bonchev–Trinajstić information content (AvgIpc) is 2.87. The Hall–Kier alpha value is -2.88. The third kappa shape index (κ3) is 13.9. The first kappa shape index (κ1) is 34.1. The number of hydrogen-bond acceptors (Lipinski definition) is 6. The van der Waals surface area contributed by atoms with E-state index in [1.54, 1.807) is 25.4 Å². The molecule has 1 unspecified atom stereocenters. The van der Waals surface area contributed by atoms with Crippen LogP contribution in [0.3, 0.4) is 0 Å². The second-order valence-electron chi connectivity index (χ2n) is 7.70. The quantitative estimate of drug-likeness (QED) is 0.0944. The fourth-order valence-electron chi connectivity index (χ4n) is 2.62. The molecule has 2 aromatic rings. The SMILES string of the molecule is C=C(/C=C(\C)NCCCNS(=O)c1ccc(O)c(O)c1)c1ccccc1O.CC.CN=CC(Br)=C(C)C. The van der Waals surface area contributed by atoms with Gasteiger partial charge in [-0.05, 0) is 73.0 Å². The molecule has 0 amide bonds. The molecule has 9 heteroatoms. The lowest BCUT2D eigenvalue weighted by Crippen LogP contribution is -2.23. The summed E-state index contributed by atoms with van der Waals surface area (Å²) in [6.45, 7) is 15.1. The number of rotatable bonds is 10. The molecule has 0 bridgehead atoms. The predicted molar refractivity (Wildman–Crippen MR) is 161 cm³/mol. The van der Waals surface area contributed by atoms with E-state index < -0.39 is 11.0 Å². The van der Waals surface area contributed by atoms with Crippen LogP contribution in [-0.4, -0.2) is 45.9 Å². The topological polar surface area (TPSA) is 114 Å². The Morgan fingerprint density at radius 1 is 1.03 bits per heavy atom. The molecule has 5 N–H and O–H groups in total. The molecule has 0 spiro atoms. The normalized spacial score (nSPS) is 11.5. The molecule has 0 aliphatic rings. The monoisotopic (exact) mass is 593 g/mol. The predicted octanol–water partition coefficient (Wildman–Crippen LogP) is 6.41. The van der Waals surface area contributed by atoms with Gasteiger partial charge in [-0.2, -0.15) is 0 Å². The maximum absolute atomic E-state index is 12.1. The fraction of sp³-hybridized carbons (Fsp3) is 0.321. The van der Waals surface area contributed by atoms with Gasteiger partial charge in [-0.15, -0.1) is 0 Å². The zero-order valence-electron chi connectivity index (χ0n) is 22.5. The van der Waals surface area contributed by atoms with E-state index in [1.165, 1.54) is 23.8 Å². The number of nitrogens with one attached hydrogen (secondary N) is 2. The maximum atomic E-state index is 12.1. The minimum atomic E-state index is -1.46. The molecule has 2 rings (SSSR count). The van der Waals surface area contributed by atoms with E-state index in [0.29, 0.717) is 29.1 Å². The lowest BCUT2D eigenvalue weighted by Gasteiger charge is -2.10. The van der Waals surface area contributed by atoms with Crippen LogP contribution >= 0.6 is 15.9 Å². The van der Waals surface area contributed by atoms with Crippen LogP contribution in [0.15, 0.2) is 80.8 Å². The van der Waals surface area contributed by atoms with Crippen LogP contribution < -0.4 is 10.0 Å². The molecule has 2 aromatic carbocycles. The molecule has 0 aromatic heterocycles. The van der Waals surface area contributed by atoms with E-state index in [1.807, 2.05) is 52.8 Å². The first-order valence-corrected chi connectivity index (χ1v) is 13.8. The Morgan fingerprint density at radius 2 is 1.68 bits per heavy atom. The molecule has 0 radical (unpaired) electrons. The van der Waals surface area contributed by atoms with Gasteiger partial charge in [0.05, 0.1) is 4.90 Å². The van der Waals surface area contributed by atoms with Crippen LogP contribution in [0.25, 0.3) is 5.57 Å². The van der Waals surface area contributed by atoms with E-state index >= 15 is 0 Å². The highest BCUT2D eigenvalue weighted by molar-refractivity contribution is 9.12. The van der Waals surface area contributed by atoms with Crippen molar-refractivity contribution < 1.29 is 19.5 Å². The summed E-state index contributed by atoms with van der Waals surface area (Å²) in [6.07, 6.45) is 4.37. The van der Waals surface area contributed by atoms with Crippen molar-refractivity contribution in [3.8, 4) is 17.2 Å². The average molecular weight is 595 g/mol. The lowest BCUT2D eigenvalue weighted by atomic mass is 10.1. The third-order valence-corrected chi connectivity index (χ3v) is 6.66. The standard InChI is InChI=1S/C20H24N2O4S.C6H10BrN.C2H6/c1-14(17-6-3-4-7-18(17)23)12-15(2)21-10-5-11-22-27(26)16-8-9-19(24)20(25)13-16;1-5(2)6(7)4-8-3;1-2/h3-4,6-9,12-13,21-25H,1,5,10-11H2,2H3;4H,1-3H3;1-2H3/b15-12+;;. The minimum Gasteiger partial charge on any atom is -0.507 e. The number of halogens is 1. The Kier molecular flexibility index (Phi) is 17.8. The van der Waals surface area contributed by atoms with Gasteiger partial charge in [0.1, 0.15) is 16.7 Å². The Labute approximate surface area is 232 Å². The van der Waals surface area contributed by atoms with Gasteiger partial charge in [0.2, 0.25) is 0 Å². The van der Waals surface area contributed by atoms with E-state index in [-0.39, 0.29) is 17.2 Å². The zero-order valence-corrected chi connectivity index (χ0v) is 24.9. The summed E-state index contributed by atoms with van der Waals surface area (Å²) < 4.78 is 16.0. The van der Waals surface area contributed by atoms with Gasteiger partial charge in [-0.25, -0.2) is 8.93 Å². The van der Waals surface area contributed by atoms with Crippen LogP contribution in [0.2, 0.25) is 0 Å². The highest BCUT2D eigenvalue weighted by Crippen LogP contribution is 2.26. The summed E-state index contributed by atoms with van der Waals surface area (Å²) in [6, 6.07) is 11.1. The summed E-state index contributed by atoms with van der Waals surface area (Å²) in [5.41, 5.74) is 3.56. The van der Waals surface area contributed by atoms with Gasteiger partial charge in [0.15, 0.2) is 11.5 Å². The van der Waals surface area contributed by atoms with Gasteiger partial charge < -0.3 is 20.6 Å². The number of hydrogen-bond donors (Lipinski definition) is 5. The van der Waals surface area contributed by atoms with E-state index in [9.17, 15) is 19.5 Å². The van der Waals surface area contributed by atoms with Crippen molar-refractivity contribution in [3.05, 3.63) is 76.4 Å². The Bertz CT molecular complexity index is 1110. The van der Waals surface area contributed by atoms with Gasteiger partial charge in [-0.1, -0.05) is 44.2 Å². The number of phenols is 3. The minimum absolute atomic E-state index is 0.193. The Balaban J connectivity index is 0.00000111. The van der Waals surface area contributed by atoms with Crippen molar-refractivity contribution in [2.24, 2.45) is 4.99 Å². The number of nitrogens with zero attached hydrogens (tertiary/aromatic N) is 1. The highest BCUT2D eigenvalue weighted by atomic mass is 79.9. The largest absolute Gasteiger partial charge is 0.507 e. The smallest absolute Gasteiger partial charge is 0.158 e. The summed E-state index contributed by atoms with van der Waals surface area (Å²) in [7, 11) is 0.296. The van der Waals surface area contributed by atoms with Crippen LogP contribution in [0, 0.1) is 0 Å². The number of aromatic hydroxyl groups is 3. The Morgan fingerprint density at radius 3 is 2.22 bits per heavy atom. The molecular formula is C28H40BrN3O4S. The molecule has 0 aliphatic carbocycles. The molecule has 0 heterocycles. The van der Waals surface area contributed by atoms with Crippen LogP contribution in [0.4, 0.5) is 0 Å². The number of para-hydroxylation sites is 1. The van der Waals surface area contributed by atoms with Crippen molar-refractivity contribution in [1.82, 2.24) is 10.0 Å². The highest BCUT2D eigenvalue weighted by Gasteiger charge is 2.07. The number of benzene rings is 2. The zero-order chi connectivity index (χ0) is 28.4. The second kappa shape index (κ2) is 19.3. The molecule has 7 nitrogen and oxygen atoms in total. The van der Waals surface area contributed by atoms with Crippen molar-refractivity contribution in [2.75, 3.05) is 20.1 Å². The van der Waals surface area contributed by atoms with Crippen molar-refractivity contribution >= 4 is 38.7 Å². The molecule has 0 aliphatic heterocycles. The van der Waals surface area contributed by atoms with Crippen LogP contribution in [-0.2, 0) is 11.0 Å². The van der Waals surface area contributed by atoms with E-state index in [0.717, 1.165) is 16.6 Å². The van der Waals surface area contributed by atoms with Crippen molar-refractivity contribution in [1.29, 1.82) is 0 Å². The fourth-order valence-corrected chi connectivity index (χ4v) is 3.73. The van der Waals surface area contributed by atoms with Crippen molar-refractivity contribution in [3.63, 3.8) is 0 Å². The lowest BCUT2D eigenvalue weighted by molar-refractivity contribution is 0.402. The molecule has 0 fully saturated rings. The summed E-state index contributed by atoms with van der Waals surface area (Å²) in [5.74, 6) is -0.346. The first-order chi connectivity index (χ1) is 17.6. The van der Waals surface area contributed by atoms with Gasteiger partial charge in [-0.3, -0.25) is 4.99 Å². The number of phenolic OH excluding ortho intramolecular Hbond substituents is 3. The maximum Gasteiger partial charge on any atom is 0.158 e. The van der Waals surface area contributed by atoms with E-state index in [2.05, 4.69) is 37.5 Å². The molecule has 37 heavy (non-hydrogen) atoms.